The first-order chi connectivity index (χ1) is 17.6. The molecule has 1 heterocycles. The van der Waals surface area contributed by atoms with Crippen LogP contribution in [0, 0.1) is 11.8 Å². The van der Waals surface area contributed by atoms with E-state index in [4.69, 9.17) is 9.97 Å². The second-order valence-corrected chi connectivity index (χ2v) is 12.9. The molecule has 1 aromatic heterocycles. The highest BCUT2D eigenvalue weighted by Gasteiger charge is 2.24. The minimum Gasteiger partial charge on any atom is -0.362 e. The summed E-state index contributed by atoms with van der Waals surface area (Å²) in [4.78, 5) is 11.8. The fourth-order valence-electron chi connectivity index (χ4n) is 4.96. The van der Waals surface area contributed by atoms with Gasteiger partial charge in [0.2, 0.25) is 16.0 Å². The van der Waals surface area contributed by atoms with Crippen molar-refractivity contribution in [1.29, 1.82) is 0 Å². The molecule has 4 rings (SSSR count). The predicted molar refractivity (Wildman–Crippen MR) is 153 cm³/mol. The Hall–Kier alpha value is -2.71. The standard InChI is InChI=1S/C29H41N5O2S/c1-6-29(2,3)23-15-17-24(18-16-23)37(35,36)31-20-22-13-11-21(12-14-22)19-30-28-32-26-10-8-7-9-25(26)27(33-28)34(4)5/h7-10,15-18,21-22,31H,6,11-14,19-20H2,1-5H3,(H,30,32,33). The summed E-state index contributed by atoms with van der Waals surface area (Å²) in [6.07, 6.45) is 5.16. The van der Waals surface area contributed by atoms with Crippen molar-refractivity contribution in [3.05, 3.63) is 54.1 Å². The maximum absolute atomic E-state index is 12.9. The Morgan fingerprint density at radius 3 is 2.16 bits per heavy atom. The molecular formula is C29H41N5O2S. The average Bonchev–Trinajstić information content (AvgIpc) is 2.91. The van der Waals surface area contributed by atoms with Gasteiger partial charge >= 0.3 is 0 Å². The molecule has 0 saturated heterocycles. The molecule has 8 heteroatoms. The molecule has 2 aromatic carbocycles. The van der Waals surface area contributed by atoms with Crippen molar-refractivity contribution in [3.8, 4) is 0 Å². The molecule has 1 aliphatic carbocycles. The van der Waals surface area contributed by atoms with Gasteiger partial charge in [0.05, 0.1) is 10.4 Å². The van der Waals surface area contributed by atoms with E-state index in [0.29, 0.717) is 29.2 Å². The van der Waals surface area contributed by atoms with Crippen LogP contribution in [0.4, 0.5) is 11.8 Å². The van der Waals surface area contributed by atoms with Crippen LogP contribution < -0.4 is 14.9 Å². The number of nitrogens with one attached hydrogen (secondary N) is 2. The summed E-state index contributed by atoms with van der Waals surface area (Å²) >= 11 is 0. The fourth-order valence-corrected chi connectivity index (χ4v) is 6.07. The van der Waals surface area contributed by atoms with Crippen LogP contribution in [0.5, 0.6) is 0 Å². The summed E-state index contributed by atoms with van der Waals surface area (Å²) in [6, 6.07) is 15.4. The molecule has 0 amide bonds. The molecule has 0 aliphatic heterocycles. The van der Waals surface area contributed by atoms with Crippen LogP contribution in [0.3, 0.4) is 0 Å². The molecule has 1 fully saturated rings. The second-order valence-electron chi connectivity index (χ2n) is 11.2. The van der Waals surface area contributed by atoms with Gasteiger partial charge in [-0.3, -0.25) is 0 Å². The number of rotatable bonds is 10. The Morgan fingerprint density at radius 2 is 1.54 bits per heavy atom. The molecule has 2 N–H and O–H groups in total. The Labute approximate surface area is 222 Å². The quantitative estimate of drug-likeness (QED) is 0.361. The Kier molecular flexibility index (Phi) is 8.39. The van der Waals surface area contributed by atoms with Crippen LogP contribution in [0.15, 0.2) is 53.4 Å². The van der Waals surface area contributed by atoms with Gasteiger partial charge in [0.1, 0.15) is 5.82 Å². The lowest BCUT2D eigenvalue weighted by molar-refractivity contribution is 0.284. The number of nitrogens with zero attached hydrogens (tertiary/aromatic N) is 3. The number of sulfonamides is 1. The molecule has 37 heavy (non-hydrogen) atoms. The molecular weight excluding hydrogens is 482 g/mol. The summed E-state index contributed by atoms with van der Waals surface area (Å²) in [6.45, 7) is 7.82. The van der Waals surface area contributed by atoms with E-state index in [-0.39, 0.29) is 5.41 Å². The maximum atomic E-state index is 12.9. The zero-order valence-electron chi connectivity index (χ0n) is 22.8. The van der Waals surface area contributed by atoms with E-state index in [9.17, 15) is 8.42 Å². The topological polar surface area (TPSA) is 87.2 Å². The lowest BCUT2D eigenvalue weighted by Crippen LogP contribution is -2.32. The normalized spacial score (nSPS) is 18.6. The van der Waals surface area contributed by atoms with Gasteiger partial charge < -0.3 is 10.2 Å². The van der Waals surface area contributed by atoms with Crippen molar-refractivity contribution < 1.29 is 8.42 Å². The van der Waals surface area contributed by atoms with Gasteiger partial charge in [-0.25, -0.2) is 18.1 Å². The van der Waals surface area contributed by atoms with E-state index in [1.54, 1.807) is 12.1 Å². The molecule has 1 aliphatic rings. The minimum absolute atomic E-state index is 0.0400. The van der Waals surface area contributed by atoms with E-state index >= 15 is 0 Å². The first kappa shape index (κ1) is 27.3. The number of hydrogen-bond acceptors (Lipinski definition) is 6. The lowest BCUT2D eigenvalue weighted by Gasteiger charge is -2.29. The van der Waals surface area contributed by atoms with Crippen molar-refractivity contribution in [2.45, 2.75) is 63.2 Å². The number of hydrogen-bond donors (Lipinski definition) is 2. The van der Waals surface area contributed by atoms with Gasteiger partial charge in [-0.1, -0.05) is 45.0 Å². The second kappa shape index (κ2) is 11.4. The van der Waals surface area contributed by atoms with Gasteiger partial charge in [0.15, 0.2) is 0 Å². The zero-order chi connectivity index (χ0) is 26.6. The molecule has 0 radical (unpaired) electrons. The number of aromatic nitrogens is 2. The number of benzene rings is 2. The Balaban J connectivity index is 1.27. The summed E-state index contributed by atoms with van der Waals surface area (Å²) < 4.78 is 28.6. The molecule has 7 nitrogen and oxygen atoms in total. The minimum atomic E-state index is -3.50. The van der Waals surface area contributed by atoms with Crippen molar-refractivity contribution >= 4 is 32.7 Å². The largest absolute Gasteiger partial charge is 0.362 e. The van der Waals surface area contributed by atoms with Gasteiger partial charge in [-0.15, -0.1) is 0 Å². The van der Waals surface area contributed by atoms with E-state index in [2.05, 4.69) is 30.8 Å². The van der Waals surface area contributed by atoms with Crippen LogP contribution >= 0.6 is 0 Å². The van der Waals surface area contributed by atoms with Crippen LogP contribution in [0.2, 0.25) is 0 Å². The average molecular weight is 524 g/mol. The monoisotopic (exact) mass is 523 g/mol. The van der Waals surface area contributed by atoms with Crippen LogP contribution in [-0.4, -0.2) is 45.6 Å². The highest BCUT2D eigenvalue weighted by Crippen LogP contribution is 2.30. The van der Waals surface area contributed by atoms with E-state index in [1.807, 2.05) is 55.4 Å². The van der Waals surface area contributed by atoms with Crippen LogP contribution in [-0.2, 0) is 15.4 Å². The highest BCUT2D eigenvalue weighted by molar-refractivity contribution is 7.89. The highest BCUT2D eigenvalue weighted by atomic mass is 32.2. The number of para-hydroxylation sites is 1. The van der Waals surface area contributed by atoms with Crippen molar-refractivity contribution in [2.75, 3.05) is 37.4 Å². The Morgan fingerprint density at radius 1 is 0.919 bits per heavy atom. The van der Waals surface area contributed by atoms with Crippen molar-refractivity contribution in [3.63, 3.8) is 0 Å². The van der Waals surface area contributed by atoms with Gasteiger partial charge in [-0.2, -0.15) is 4.98 Å². The van der Waals surface area contributed by atoms with Crippen molar-refractivity contribution in [1.82, 2.24) is 14.7 Å². The zero-order valence-corrected chi connectivity index (χ0v) is 23.6. The molecule has 200 valence electrons. The van der Waals surface area contributed by atoms with Crippen LogP contribution in [0.1, 0.15) is 58.4 Å². The molecule has 0 unspecified atom stereocenters. The van der Waals surface area contributed by atoms with Gasteiger partial charge in [0, 0.05) is 32.6 Å². The lowest BCUT2D eigenvalue weighted by atomic mass is 9.82. The third kappa shape index (κ3) is 6.60. The van der Waals surface area contributed by atoms with E-state index < -0.39 is 10.0 Å². The molecule has 3 aromatic rings. The molecule has 0 atom stereocenters. The van der Waals surface area contributed by atoms with Gasteiger partial charge in [0.25, 0.3) is 0 Å². The summed E-state index contributed by atoms with van der Waals surface area (Å²) in [5.41, 5.74) is 2.13. The summed E-state index contributed by atoms with van der Waals surface area (Å²) in [7, 11) is 0.492. The third-order valence-corrected chi connectivity index (χ3v) is 9.35. The summed E-state index contributed by atoms with van der Waals surface area (Å²) in [5, 5.41) is 4.50. The predicted octanol–water partition coefficient (Wildman–Crippen LogP) is 5.58. The van der Waals surface area contributed by atoms with E-state index in [0.717, 1.165) is 60.9 Å². The number of fused-ring (bicyclic) bond motifs is 1. The van der Waals surface area contributed by atoms with Gasteiger partial charge in [-0.05, 0) is 79.2 Å². The summed E-state index contributed by atoms with van der Waals surface area (Å²) in [5.74, 6) is 2.46. The third-order valence-electron chi connectivity index (χ3n) is 7.91. The smallest absolute Gasteiger partial charge is 0.240 e. The Bertz CT molecular complexity index is 1300. The molecule has 0 spiro atoms. The maximum Gasteiger partial charge on any atom is 0.240 e. The first-order valence-electron chi connectivity index (χ1n) is 13.4. The fraction of sp³-hybridized carbons (Fsp3) is 0.517. The number of anilines is 2. The van der Waals surface area contributed by atoms with Crippen molar-refractivity contribution in [2.24, 2.45) is 11.8 Å². The molecule has 1 saturated carbocycles. The molecule has 0 bridgehead atoms. The first-order valence-corrected chi connectivity index (χ1v) is 14.9. The van der Waals surface area contributed by atoms with E-state index in [1.165, 1.54) is 0 Å². The SMILES string of the molecule is CCC(C)(C)c1ccc(S(=O)(=O)NCC2CCC(CNc3nc(N(C)C)c4ccccc4n3)CC2)cc1. The van der Waals surface area contributed by atoms with Crippen LogP contribution in [0.25, 0.3) is 10.9 Å².